The van der Waals surface area contributed by atoms with Gasteiger partial charge in [0.1, 0.15) is 11.6 Å². The van der Waals surface area contributed by atoms with Gasteiger partial charge in [-0.3, -0.25) is 10.1 Å². The molecular weight excluding hydrogens is 248 g/mol. The lowest BCUT2D eigenvalue weighted by molar-refractivity contribution is -0.497. The van der Waals surface area contributed by atoms with E-state index in [1.165, 1.54) is 0 Å². The van der Waals surface area contributed by atoms with E-state index in [1.54, 1.807) is 0 Å². The molecular formula is C7H4BrF2NO2. The molecule has 0 aromatic heterocycles. The summed E-state index contributed by atoms with van der Waals surface area (Å²) in [6.45, 7) is -0.842. The summed E-state index contributed by atoms with van der Waals surface area (Å²) >= 11 is 2.86. The Balaban J connectivity index is 3.13. The standard InChI is InChI=1S/C7H4BrF2NO2/c8-4-1-6(9)5(3-11(12)13)7(10)2-4/h1-2H,3H2. The molecule has 0 unspecified atom stereocenters. The van der Waals surface area contributed by atoms with Gasteiger partial charge in [-0.2, -0.15) is 0 Å². The maximum Gasteiger partial charge on any atom is 0.234 e. The van der Waals surface area contributed by atoms with E-state index in [0.717, 1.165) is 12.1 Å². The molecule has 0 saturated carbocycles. The maximum absolute atomic E-state index is 12.9. The van der Waals surface area contributed by atoms with Crippen LogP contribution in [-0.4, -0.2) is 4.92 Å². The molecule has 1 rings (SSSR count). The van der Waals surface area contributed by atoms with E-state index in [2.05, 4.69) is 15.9 Å². The molecule has 1 aromatic rings. The van der Waals surface area contributed by atoms with Crippen LogP contribution in [0.4, 0.5) is 8.78 Å². The average Bonchev–Trinajstić information content (AvgIpc) is 1.96. The third kappa shape index (κ3) is 2.45. The fraction of sp³-hybridized carbons (Fsp3) is 0.143. The molecule has 1 aromatic carbocycles. The third-order valence-corrected chi connectivity index (χ3v) is 1.85. The molecule has 0 spiro atoms. The van der Waals surface area contributed by atoms with Gasteiger partial charge in [0, 0.05) is 9.40 Å². The quantitative estimate of drug-likeness (QED) is 0.599. The van der Waals surface area contributed by atoms with Crippen LogP contribution in [0.25, 0.3) is 0 Å². The fourth-order valence-corrected chi connectivity index (χ4v) is 1.25. The van der Waals surface area contributed by atoms with Crippen LogP contribution in [0.5, 0.6) is 0 Å². The van der Waals surface area contributed by atoms with Crippen molar-refractivity contribution in [1.29, 1.82) is 0 Å². The molecule has 3 nitrogen and oxygen atoms in total. The monoisotopic (exact) mass is 251 g/mol. The molecule has 0 bridgehead atoms. The van der Waals surface area contributed by atoms with Crippen LogP contribution < -0.4 is 0 Å². The highest BCUT2D eigenvalue weighted by atomic mass is 79.9. The molecule has 6 heteroatoms. The third-order valence-electron chi connectivity index (χ3n) is 1.39. The number of nitrogens with zero attached hydrogens (tertiary/aromatic N) is 1. The lowest BCUT2D eigenvalue weighted by Gasteiger charge is -2.00. The Bertz CT molecular complexity index is 333. The number of benzene rings is 1. The van der Waals surface area contributed by atoms with Crippen LogP contribution in [0.3, 0.4) is 0 Å². The Labute approximate surface area is 80.6 Å². The first-order valence-electron chi connectivity index (χ1n) is 3.26. The average molecular weight is 252 g/mol. The molecule has 0 fully saturated rings. The highest BCUT2D eigenvalue weighted by Crippen LogP contribution is 2.19. The normalized spacial score (nSPS) is 10.1. The SMILES string of the molecule is O=[N+]([O-])Cc1c(F)cc(Br)cc1F. The molecule has 0 amide bonds. The molecule has 0 N–H and O–H groups in total. The van der Waals surface area contributed by atoms with Crippen LogP contribution >= 0.6 is 15.9 Å². The highest BCUT2D eigenvalue weighted by molar-refractivity contribution is 9.10. The minimum atomic E-state index is -0.913. The lowest BCUT2D eigenvalue weighted by Crippen LogP contribution is -2.04. The van der Waals surface area contributed by atoms with Crippen molar-refractivity contribution in [2.45, 2.75) is 6.54 Å². The van der Waals surface area contributed by atoms with Crippen LogP contribution in [0.2, 0.25) is 0 Å². The summed E-state index contributed by atoms with van der Waals surface area (Å²) in [6.07, 6.45) is 0. The first kappa shape index (κ1) is 10.0. The molecule has 0 radical (unpaired) electrons. The van der Waals surface area contributed by atoms with E-state index in [-0.39, 0.29) is 4.47 Å². The zero-order chi connectivity index (χ0) is 10.0. The zero-order valence-electron chi connectivity index (χ0n) is 6.26. The second-order valence-electron chi connectivity index (χ2n) is 2.34. The fourth-order valence-electron chi connectivity index (χ4n) is 0.852. The molecule has 0 heterocycles. The summed E-state index contributed by atoms with van der Waals surface area (Å²) < 4.78 is 26.0. The Morgan fingerprint density at radius 3 is 2.23 bits per heavy atom. The van der Waals surface area contributed by atoms with Crippen LogP contribution in [0, 0.1) is 21.7 Å². The summed E-state index contributed by atoms with van der Waals surface area (Å²) in [4.78, 5) is 9.24. The summed E-state index contributed by atoms with van der Waals surface area (Å²) in [7, 11) is 0. The highest BCUT2D eigenvalue weighted by Gasteiger charge is 2.15. The van der Waals surface area contributed by atoms with Gasteiger partial charge in [0.15, 0.2) is 0 Å². The number of nitro groups is 1. The van der Waals surface area contributed by atoms with Crippen molar-refractivity contribution >= 4 is 15.9 Å². The first-order chi connectivity index (χ1) is 6.00. The van der Waals surface area contributed by atoms with Gasteiger partial charge < -0.3 is 0 Å². The van der Waals surface area contributed by atoms with E-state index < -0.39 is 28.7 Å². The summed E-state index contributed by atoms with van der Waals surface area (Å²) in [5, 5.41) is 10.0. The molecule has 13 heavy (non-hydrogen) atoms. The van der Waals surface area contributed by atoms with Crippen molar-refractivity contribution < 1.29 is 13.7 Å². The number of halogens is 3. The van der Waals surface area contributed by atoms with Crippen LogP contribution in [0.15, 0.2) is 16.6 Å². The molecule has 0 saturated heterocycles. The van der Waals surface area contributed by atoms with E-state index in [4.69, 9.17) is 0 Å². The van der Waals surface area contributed by atoms with Crippen molar-refractivity contribution in [1.82, 2.24) is 0 Å². The second-order valence-corrected chi connectivity index (χ2v) is 3.25. The van der Waals surface area contributed by atoms with Gasteiger partial charge in [-0.15, -0.1) is 0 Å². The van der Waals surface area contributed by atoms with Crippen molar-refractivity contribution in [3.63, 3.8) is 0 Å². The van der Waals surface area contributed by atoms with Gasteiger partial charge in [-0.05, 0) is 12.1 Å². The van der Waals surface area contributed by atoms with Gasteiger partial charge in [-0.25, -0.2) is 8.78 Å². The number of rotatable bonds is 2. The van der Waals surface area contributed by atoms with Gasteiger partial charge in [0.25, 0.3) is 0 Å². The van der Waals surface area contributed by atoms with E-state index in [0.29, 0.717) is 0 Å². The number of hydrogen-bond donors (Lipinski definition) is 0. The molecule has 70 valence electrons. The van der Waals surface area contributed by atoms with Gasteiger partial charge in [0.05, 0.1) is 5.56 Å². The minimum absolute atomic E-state index is 0.217. The zero-order valence-corrected chi connectivity index (χ0v) is 7.85. The lowest BCUT2D eigenvalue weighted by atomic mass is 10.2. The molecule has 0 atom stereocenters. The maximum atomic E-state index is 12.9. The van der Waals surface area contributed by atoms with E-state index >= 15 is 0 Å². The predicted octanol–water partition coefficient (Wildman–Crippen LogP) is 2.50. The van der Waals surface area contributed by atoms with Crippen molar-refractivity contribution in [3.05, 3.63) is 43.9 Å². The van der Waals surface area contributed by atoms with Crippen molar-refractivity contribution in [2.24, 2.45) is 0 Å². The topological polar surface area (TPSA) is 43.1 Å². The molecule has 0 aliphatic carbocycles. The largest absolute Gasteiger partial charge is 0.264 e. The van der Waals surface area contributed by atoms with Gasteiger partial charge >= 0.3 is 0 Å². The summed E-state index contributed by atoms with van der Waals surface area (Å²) in [5.41, 5.74) is -0.520. The Morgan fingerprint density at radius 2 is 1.85 bits per heavy atom. The number of hydrogen-bond acceptors (Lipinski definition) is 2. The van der Waals surface area contributed by atoms with E-state index in [1.807, 2.05) is 0 Å². The van der Waals surface area contributed by atoms with Gasteiger partial charge in [0.2, 0.25) is 6.54 Å². The van der Waals surface area contributed by atoms with E-state index in [9.17, 15) is 18.9 Å². The second kappa shape index (κ2) is 3.78. The smallest absolute Gasteiger partial charge is 0.234 e. The minimum Gasteiger partial charge on any atom is -0.264 e. The predicted molar refractivity (Wildman–Crippen MR) is 44.8 cm³/mol. The summed E-state index contributed by atoms with van der Waals surface area (Å²) in [5.74, 6) is -1.83. The van der Waals surface area contributed by atoms with Crippen molar-refractivity contribution in [3.8, 4) is 0 Å². The van der Waals surface area contributed by atoms with Crippen LogP contribution in [0.1, 0.15) is 5.56 Å². The Kier molecular flexibility index (Phi) is 2.92. The summed E-state index contributed by atoms with van der Waals surface area (Å²) in [6, 6.07) is 1.98. The first-order valence-corrected chi connectivity index (χ1v) is 4.05. The van der Waals surface area contributed by atoms with Crippen LogP contribution in [-0.2, 0) is 6.54 Å². The van der Waals surface area contributed by atoms with Crippen molar-refractivity contribution in [2.75, 3.05) is 0 Å². The van der Waals surface area contributed by atoms with Gasteiger partial charge in [-0.1, -0.05) is 15.9 Å². The molecule has 0 aliphatic heterocycles. The Hall–Kier alpha value is -1.04. The molecule has 0 aliphatic rings. The Morgan fingerprint density at radius 1 is 1.38 bits per heavy atom.